The van der Waals surface area contributed by atoms with Gasteiger partial charge in [-0.1, -0.05) is 25.5 Å². The van der Waals surface area contributed by atoms with Gasteiger partial charge in [-0.25, -0.2) is 0 Å². The SMILES string of the molecule is CCCCN1C(=O)C(=O)/C(=C(\O)c2ccncc2)C1c1ccc(OC(C)=O)cc1. The molecule has 2 aromatic rings. The summed E-state index contributed by atoms with van der Waals surface area (Å²) in [5.41, 5.74) is 1.10. The number of Topliss-reactive ketones (excluding diaryl/α,β-unsaturated/α-hetero) is 1. The highest BCUT2D eigenvalue weighted by atomic mass is 16.5. The molecule has 1 aliphatic heterocycles. The topological polar surface area (TPSA) is 96.8 Å². The van der Waals surface area contributed by atoms with Gasteiger partial charge in [-0.3, -0.25) is 19.4 Å². The lowest BCUT2D eigenvalue weighted by atomic mass is 9.95. The molecule has 3 rings (SSSR count). The van der Waals surface area contributed by atoms with Crippen molar-refractivity contribution >= 4 is 23.4 Å². The quantitative estimate of drug-likeness (QED) is 0.266. The average Bonchev–Trinajstić information content (AvgIpc) is 2.97. The molecule has 2 heterocycles. The van der Waals surface area contributed by atoms with Crippen LogP contribution in [0.15, 0.2) is 54.4 Å². The Hall–Kier alpha value is -3.48. The van der Waals surface area contributed by atoms with Crippen LogP contribution in [-0.4, -0.2) is 39.2 Å². The van der Waals surface area contributed by atoms with Crippen LogP contribution in [0.3, 0.4) is 0 Å². The van der Waals surface area contributed by atoms with Crippen molar-refractivity contribution in [1.29, 1.82) is 0 Å². The Kier molecular flexibility index (Phi) is 6.07. The van der Waals surface area contributed by atoms with Crippen LogP contribution in [0.5, 0.6) is 5.75 Å². The van der Waals surface area contributed by atoms with Gasteiger partial charge < -0.3 is 14.7 Å². The smallest absolute Gasteiger partial charge is 0.308 e. The number of ketones is 1. The second-order valence-electron chi connectivity index (χ2n) is 6.74. The number of hydrogen-bond acceptors (Lipinski definition) is 6. The Morgan fingerprint density at radius 1 is 1.14 bits per heavy atom. The second-order valence-corrected chi connectivity index (χ2v) is 6.74. The second kappa shape index (κ2) is 8.68. The van der Waals surface area contributed by atoms with E-state index in [0.29, 0.717) is 23.4 Å². The fraction of sp³-hybridized carbons (Fsp3) is 0.273. The van der Waals surface area contributed by atoms with Crippen LogP contribution in [0.4, 0.5) is 0 Å². The fourth-order valence-electron chi connectivity index (χ4n) is 3.34. The molecule has 0 saturated carbocycles. The van der Waals surface area contributed by atoms with Crippen molar-refractivity contribution in [3.63, 3.8) is 0 Å². The van der Waals surface area contributed by atoms with Gasteiger partial charge in [0.05, 0.1) is 11.6 Å². The Bertz CT molecular complexity index is 951. The van der Waals surface area contributed by atoms with Crippen LogP contribution in [0, 0.1) is 0 Å². The van der Waals surface area contributed by atoms with Gasteiger partial charge in [-0.05, 0) is 36.2 Å². The number of carbonyl (C=O) groups is 3. The lowest BCUT2D eigenvalue weighted by Crippen LogP contribution is -2.30. The lowest BCUT2D eigenvalue weighted by molar-refractivity contribution is -0.139. The first kappa shape index (κ1) is 20.3. The van der Waals surface area contributed by atoms with E-state index in [-0.39, 0.29) is 11.3 Å². The summed E-state index contributed by atoms with van der Waals surface area (Å²) in [4.78, 5) is 42.0. The van der Waals surface area contributed by atoms with E-state index in [1.807, 2.05) is 6.92 Å². The number of hydrogen-bond donors (Lipinski definition) is 1. The molecular weight excluding hydrogens is 372 g/mol. The maximum atomic E-state index is 12.8. The van der Waals surface area contributed by atoms with Gasteiger partial charge in [0.25, 0.3) is 11.7 Å². The zero-order valence-electron chi connectivity index (χ0n) is 16.3. The van der Waals surface area contributed by atoms with Crippen LogP contribution in [-0.2, 0) is 14.4 Å². The van der Waals surface area contributed by atoms with Crippen LogP contribution in [0.2, 0.25) is 0 Å². The van der Waals surface area contributed by atoms with Crippen LogP contribution in [0.1, 0.15) is 43.9 Å². The van der Waals surface area contributed by atoms with Gasteiger partial charge in [0.15, 0.2) is 0 Å². The number of esters is 1. The summed E-state index contributed by atoms with van der Waals surface area (Å²) < 4.78 is 5.05. The minimum Gasteiger partial charge on any atom is -0.507 e. The summed E-state index contributed by atoms with van der Waals surface area (Å²) in [6, 6.07) is 9.01. The van der Waals surface area contributed by atoms with Crippen LogP contribution >= 0.6 is 0 Å². The average molecular weight is 394 g/mol. The molecular formula is C22H22N2O5. The zero-order valence-corrected chi connectivity index (χ0v) is 16.3. The molecule has 1 aromatic carbocycles. The predicted molar refractivity (Wildman–Crippen MR) is 106 cm³/mol. The number of amides is 1. The van der Waals surface area contributed by atoms with E-state index in [2.05, 4.69) is 4.98 Å². The Morgan fingerprint density at radius 2 is 1.79 bits per heavy atom. The highest BCUT2D eigenvalue weighted by Gasteiger charge is 2.45. The number of unbranched alkanes of at least 4 members (excludes halogenated alkanes) is 1. The van der Waals surface area contributed by atoms with Gasteiger partial charge >= 0.3 is 5.97 Å². The van der Waals surface area contributed by atoms with E-state index in [4.69, 9.17) is 4.74 Å². The highest BCUT2D eigenvalue weighted by Crippen LogP contribution is 2.39. The summed E-state index contributed by atoms with van der Waals surface area (Å²) in [5, 5.41) is 10.8. The third kappa shape index (κ3) is 4.18. The lowest BCUT2D eigenvalue weighted by Gasteiger charge is -2.25. The van der Waals surface area contributed by atoms with Crippen molar-refractivity contribution in [3.05, 3.63) is 65.5 Å². The summed E-state index contributed by atoms with van der Waals surface area (Å²) in [6.07, 6.45) is 4.59. The van der Waals surface area contributed by atoms with Crippen molar-refractivity contribution in [3.8, 4) is 5.75 Å². The molecule has 1 atom stereocenters. The predicted octanol–water partition coefficient (Wildman–Crippen LogP) is 3.23. The van der Waals surface area contributed by atoms with Crippen molar-refractivity contribution in [2.45, 2.75) is 32.7 Å². The maximum absolute atomic E-state index is 12.8. The van der Waals surface area contributed by atoms with Gasteiger partial charge in [-0.2, -0.15) is 0 Å². The summed E-state index contributed by atoms with van der Waals surface area (Å²) in [6.45, 7) is 3.70. The Labute approximate surface area is 168 Å². The Balaban J connectivity index is 2.09. The highest BCUT2D eigenvalue weighted by molar-refractivity contribution is 6.46. The van der Waals surface area contributed by atoms with Crippen molar-refractivity contribution in [2.24, 2.45) is 0 Å². The van der Waals surface area contributed by atoms with E-state index in [1.54, 1.807) is 36.4 Å². The van der Waals surface area contributed by atoms with E-state index in [0.717, 1.165) is 12.8 Å². The normalized spacial score (nSPS) is 18.1. The molecule has 1 aliphatic rings. The molecule has 7 nitrogen and oxygen atoms in total. The third-order valence-electron chi connectivity index (χ3n) is 4.70. The number of rotatable bonds is 6. The van der Waals surface area contributed by atoms with E-state index in [1.165, 1.54) is 24.2 Å². The molecule has 0 spiro atoms. The molecule has 7 heteroatoms. The molecule has 1 unspecified atom stereocenters. The fourth-order valence-corrected chi connectivity index (χ4v) is 3.34. The summed E-state index contributed by atoms with van der Waals surface area (Å²) >= 11 is 0. The van der Waals surface area contributed by atoms with Crippen LogP contribution in [0.25, 0.3) is 5.76 Å². The third-order valence-corrected chi connectivity index (χ3v) is 4.70. The molecule has 1 aromatic heterocycles. The van der Waals surface area contributed by atoms with E-state index in [9.17, 15) is 19.5 Å². The standard InChI is InChI=1S/C22H22N2O5/c1-3-4-13-24-19(15-5-7-17(8-6-15)29-14(2)25)18(21(27)22(24)28)20(26)16-9-11-23-12-10-16/h5-12,19,26H,3-4,13H2,1-2H3/b20-18-. The van der Waals surface area contributed by atoms with E-state index >= 15 is 0 Å². The Morgan fingerprint density at radius 3 is 2.38 bits per heavy atom. The molecule has 150 valence electrons. The van der Waals surface area contributed by atoms with Gasteiger partial charge in [0.2, 0.25) is 0 Å². The molecule has 0 radical (unpaired) electrons. The number of nitrogens with zero attached hydrogens (tertiary/aromatic N) is 2. The van der Waals surface area contributed by atoms with Gasteiger partial charge in [0, 0.05) is 31.4 Å². The van der Waals surface area contributed by atoms with Gasteiger partial charge in [-0.15, -0.1) is 0 Å². The number of benzene rings is 1. The molecule has 29 heavy (non-hydrogen) atoms. The van der Waals surface area contributed by atoms with Crippen LogP contribution < -0.4 is 4.74 Å². The van der Waals surface area contributed by atoms with Crippen molar-refractivity contribution in [2.75, 3.05) is 6.54 Å². The van der Waals surface area contributed by atoms with Crippen molar-refractivity contribution < 1.29 is 24.2 Å². The molecule has 1 amide bonds. The zero-order chi connectivity index (χ0) is 21.0. The minimum absolute atomic E-state index is 0.0394. The number of aliphatic hydroxyl groups is 1. The number of aliphatic hydroxyl groups excluding tert-OH is 1. The van der Waals surface area contributed by atoms with E-state index < -0.39 is 23.7 Å². The summed E-state index contributed by atoms with van der Waals surface area (Å²) in [7, 11) is 0. The minimum atomic E-state index is -0.721. The maximum Gasteiger partial charge on any atom is 0.308 e. The van der Waals surface area contributed by atoms with Gasteiger partial charge in [0.1, 0.15) is 11.5 Å². The number of ether oxygens (including phenoxy) is 1. The molecule has 1 fully saturated rings. The first-order valence-corrected chi connectivity index (χ1v) is 9.41. The molecule has 1 saturated heterocycles. The molecule has 1 N–H and O–H groups in total. The number of likely N-dealkylation sites (tertiary alicyclic amines) is 1. The largest absolute Gasteiger partial charge is 0.507 e. The summed E-state index contributed by atoms with van der Waals surface area (Å²) in [5.74, 6) is -1.67. The van der Waals surface area contributed by atoms with Crippen molar-refractivity contribution in [1.82, 2.24) is 9.88 Å². The number of carbonyl (C=O) groups excluding carboxylic acids is 3. The molecule has 0 bridgehead atoms. The number of pyridine rings is 1. The monoisotopic (exact) mass is 394 g/mol. The first-order valence-electron chi connectivity index (χ1n) is 9.41. The number of aromatic nitrogens is 1. The first-order chi connectivity index (χ1) is 13.9. The molecule has 0 aliphatic carbocycles.